The molecule has 2 rings (SSSR count). The highest BCUT2D eigenvalue weighted by atomic mass is 35.5. The van der Waals surface area contributed by atoms with Crippen LogP contribution in [0, 0.1) is 0 Å². The van der Waals surface area contributed by atoms with Crippen molar-refractivity contribution in [1.82, 2.24) is 4.90 Å². The molecule has 20 heavy (non-hydrogen) atoms. The molecule has 1 fully saturated rings. The van der Waals surface area contributed by atoms with Crippen LogP contribution >= 0.6 is 11.6 Å². The van der Waals surface area contributed by atoms with E-state index in [2.05, 4.69) is 0 Å². The number of hydrogen-bond donors (Lipinski definition) is 1. The van der Waals surface area contributed by atoms with Crippen LogP contribution in [0.25, 0.3) is 6.08 Å². The topological polar surface area (TPSA) is 66.8 Å². The molecule has 1 unspecified atom stereocenters. The first-order chi connectivity index (χ1) is 9.58. The molecule has 0 bridgehead atoms. The minimum absolute atomic E-state index is 0.0237. The third-order valence-electron chi connectivity index (χ3n) is 2.98. The highest BCUT2D eigenvalue weighted by molar-refractivity contribution is 6.30. The van der Waals surface area contributed by atoms with Gasteiger partial charge in [0.05, 0.1) is 13.2 Å². The van der Waals surface area contributed by atoms with Gasteiger partial charge in [0.25, 0.3) is 0 Å². The lowest BCUT2D eigenvalue weighted by Crippen LogP contribution is -2.52. The van der Waals surface area contributed by atoms with Gasteiger partial charge in [0.1, 0.15) is 0 Å². The van der Waals surface area contributed by atoms with E-state index in [4.69, 9.17) is 21.4 Å². The second-order valence-electron chi connectivity index (χ2n) is 4.35. The van der Waals surface area contributed by atoms with Crippen LogP contribution in [-0.2, 0) is 14.3 Å². The van der Waals surface area contributed by atoms with Crippen molar-refractivity contribution < 1.29 is 19.4 Å². The lowest BCUT2D eigenvalue weighted by atomic mass is 10.2. The molecular formula is C14H14ClNO4. The fraction of sp³-hybridized carbons (Fsp3) is 0.286. The molecule has 1 aromatic carbocycles. The van der Waals surface area contributed by atoms with E-state index in [0.717, 1.165) is 5.56 Å². The number of amides is 1. The fourth-order valence-corrected chi connectivity index (χ4v) is 2.04. The maximum absolute atomic E-state index is 12.0. The third kappa shape index (κ3) is 3.59. The summed E-state index contributed by atoms with van der Waals surface area (Å²) in [5, 5.41) is 9.68. The van der Waals surface area contributed by atoms with Crippen LogP contribution in [-0.4, -0.2) is 47.7 Å². The minimum Gasteiger partial charge on any atom is -0.480 e. The lowest BCUT2D eigenvalue weighted by Gasteiger charge is -2.31. The monoisotopic (exact) mass is 295 g/mol. The average molecular weight is 296 g/mol. The minimum atomic E-state index is -1.06. The zero-order valence-corrected chi connectivity index (χ0v) is 11.4. The van der Waals surface area contributed by atoms with E-state index in [-0.39, 0.29) is 19.1 Å². The van der Waals surface area contributed by atoms with Gasteiger partial charge in [-0.15, -0.1) is 0 Å². The van der Waals surface area contributed by atoms with E-state index < -0.39 is 12.0 Å². The highest BCUT2D eigenvalue weighted by Gasteiger charge is 2.31. The summed E-state index contributed by atoms with van der Waals surface area (Å²) in [6, 6.07) is 6.08. The Morgan fingerprint density at radius 2 is 2.05 bits per heavy atom. The molecule has 5 nitrogen and oxygen atoms in total. The van der Waals surface area contributed by atoms with Crippen LogP contribution < -0.4 is 0 Å². The molecule has 1 aliphatic heterocycles. The quantitative estimate of drug-likeness (QED) is 0.861. The Hall–Kier alpha value is -1.85. The summed E-state index contributed by atoms with van der Waals surface area (Å²) in [7, 11) is 0. The molecule has 1 N–H and O–H groups in total. The zero-order chi connectivity index (χ0) is 14.5. The number of ether oxygens (including phenoxy) is 1. The maximum Gasteiger partial charge on any atom is 0.328 e. The first-order valence-electron chi connectivity index (χ1n) is 6.13. The molecular weight excluding hydrogens is 282 g/mol. The Labute approximate surface area is 121 Å². The molecule has 1 atom stereocenters. The van der Waals surface area contributed by atoms with Crippen molar-refractivity contribution in [3.63, 3.8) is 0 Å². The van der Waals surface area contributed by atoms with Crippen molar-refractivity contribution in [2.75, 3.05) is 19.8 Å². The van der Waals surface area contributed by atoms with Crippen LogP contribution in [0.5, 0.6) is 0 Å². The van der Waals surface area contributed by atoms with Crippen molar-refractivity contribution in [3.8, 4) is 0 Å². The summed E-state index contributed by atoms with van der Waals surface area (Å²) >= 11 is 5.77. The summed E-state index contributed by atoms with van der Waals surface area (Å²) in [6.07, 6.45) is 3.00. The van der Waals surface area contributed by atoms with E-state index in [1.807, 2.05) is 0 Å². The van der Waals surface area contributed by atoms with Gasteiger partial charge in [-0.25, -0.2) is 4.79 Å². The van der Waals surface area contributed by atoms with Crippen molar-refractivity contribution in [2.24, 2.45) is 0 Å². The SMILES string of the molecule is O=C(O)C1COCCN1C(=O)/C=C/c1ccc(Cl)cc1. The summed E-state index contributed by atoms with van der Waals surface area (Å²) in [5.41, 5.74) is 0.822. The van der Waals surface area contributed by atoms with Gasteiger partial charge in [0, 0.05) is 17.6 Å². The number of benzene rings is 1. The molecule has 1 saturated heterocycles. The maximum atomic E-state index is 12.0. The van der Waals surface area contributed by atoms with Crippen molar-refractivity contribution in [2.45, 2.75) is 6.04 Å². The van der Waals surface area contributed by atoms with Gasteiger partial charge in [-0.2, -0.15) is 0 Å². The van der Waals surface area contributed by atoms with E-state index in [1.54, 1.807) is 30.3 Å². The molecule has 1 heterocycles. The van der Waals surface area contributed by atoms with Crippen molar-refractivity contribution in [3.05, 3.63) is 40.9 Å². The predicted octanol–water partition coefficient (Wildman–Crippen LogP) is 1.67. The second-order valence-corrected chi connectivity index (χ2v) is 4.78. The number of hydrogen-bond acceptors (Lipinski definition) is 3. The second kappa shape index (κ2) is 6.54. The molecule has 1 aliphatic rings. The molecule has 0 radical (unpaired) electrons. The number of nitrogens with zero attached hydrogens (tertiary/aromatic N) is 1. The average Bonchev–Trinajstić information content (AvgIpc) is 2.46. The van der Waals surface area contributed by atoms with Crippen LogP contribution in [0.1, 0.15) is 5.56 Å². The molecule has 106 valence electrons. The first kappa shape index (κ1) is 14.6. The number of halogens is 1. The molecule has 0 spiro atoms. The number of aliphatic carboxylic acids is 1. The third-order valence-corrected chi connectivity index (χ3v) is 3.24. The normalized spacial score (nSPS) is 19.2. The Bertz CT molecular complexity index is 526. The van der Waals surface area contributed by atoms with Gasteiger partial charge in [-0.05, 0) is 23.8 Å². The lowest BCUT2D eigenvalue weighted by molar-refractivity contribution is -0.156. The van der Waals surface area contributed by atoms with Gasteiger partial charge in [-0.3, -0.25) is 4.79 Å². The smallest absolute Gasteiger partial charge is 0.328 e. The van der Waals surface area contributed by atoms with E-state index in [1.165, 1.54) is 11.0 Å². The number of carboxylic acids is 1. The van der Waals surface area contributed by atoms with Crippen molar-refractivity contribution in [1.29, 1.82) is 0 Å². The van der Waals surface area contributed by atoms with Gasteiger partial charge < -0.3 is 14.7 Å². The predicted molar refractivity (Wildman–Crippen MR) is 74.4 cm³/mol. The summed E-state index contributed by atoms with van der Waals surface area (Å²) in [4.78, 5) is 24.4. The summed E-state index contributed by atoms with van der Waals surface area (Å²) < 4.78 is 5.09. The van der Waals surface area contributed by atoms with E-state index >= 15 is 0 Å². The Balaban J connectivity index is 2.06. The molecule has 0 aliphatic carbocycles. The van der Waals surface area contributed by atoms with Crippen LogP contribution in [0.4, 0.5) is 0 Å². The standard InChI is InChI=1S/C14H14ClNO4/c15-11-4-1-10(2-5-11)3-6-13(17)16-7-8-20-9-12(16)14(18)19/h1-6,12H,7-9H2,(H,18,19)/b6-3+. The molecule has 6 heteroatoms. The first-order valence-corrected chi connectivity index (χ1v) is 6.50. The molecule has 1 amide bonds. The number of carboxylic acid groups (broad SMARTS) is 1. The van der Waals surface area contributed by atoms with Crippen LogP contribution in [0.2, 0.25) is 5.02 Å². The molecule has 0 saturated carbocycles. The van der Waals surface area contributed by atoms with E-state index in [0.29, 0.717) is 11.6 Å². The number of morpholine rings is 1. The van der Waals surface area contributed by atoms with Gasteiger partial charge >= 0.3 is 5.97 Å². The van der Waals surface area contributed by atoms with Crippen LogP contribution in [0.3, 0.4) is 0 Å². The fourth-order valence-electron chi connectivity index (χ4n) is 1.91. The van der Waals surface area contributed by atoms with E-state index in [9.17, 15) is 9.59 Å². The Morgan fingerprint density at radius 3 is 2.70 bits per heavy atom. The molecule has 0 aromatic heterocycles. The Morgan fingerprint density at radius 1 is 1.35 bits per heavy atom. The summed E-state index contributed by atoms with van der Waals surface area (Å²) in [6.45, 7) is 0.654. The summed E-state index contributed by atoms with van der Waals surface area (Å²) in [5.74, 6) is -1.39. The highest BCUT2D eigenvalue weighted by Crippen LogP contribution is 2.12. The van der Waals surface area contributed by atoms with Gasteiger partial charge in [0.15, 0.2) is 6.04 Å². The number of carbonyl (C=O) groups excluding carboxylic acids is 1. The van der Waals surface area contributed by atoms with Crippen LogP contribution in [0.15, 0.2) is 30.3 Å². The number of rotatable bonds is 3. The van der Waals surface area contributed by atoms with Gasteiger partial charge in [-0.1, -0.05) is 23.7 Å². The molecule has 1 aromatic rings. The largest absolute Gasteiger partial charge is 0.480 e. The van der Waals surface area contributed by atoms with Crippen molar-refractivity contribution >= 4 is 29.6 Å². The Kier molecular flexibility index (Phi) is 4.76. The number of carbonyl (C=O) groups is 2. The zero-order valence-electron chi connectivity index (χ0n) is 10.7. The van der Waals surface area contributed by atoms with Gasteiger partial charge in [0.2, 0.25) is 5.91 Å².